The average molecular weight is 871 g/mol. The number of carbonyl (C=O) groups is 2. The quantitative estimate of drug-likeness (QED) is 0.0346. The lowest BCUT2D eigenvalue weighted by Gasteiger charge is -2.18. The van der Waals surface area contributed by atoms with Gasteiger partial charge in [0.2, 0.25) is 0 Å². The Labute approximate surface area is 387 Å². The van der Waals surface area contributed by atoms with Crippen LogP contribution in [0.1, 0.15) is 290 Å². The zero-order chi connectivity index (χ0) is 44.9. The predicted molar refractivity (Wildman–Crippen MR) is 270 cm³/mol. The summed E-state index contributed by atoms with van der Waals surface area (Å²) in [5.41, 5.74) is 0. The summed E-state index contributed by atoms with van der Waals surface area (Å²) in [5.74, 6) is -0.406. The molecular weight excluding hydrogens is 765 g/mol. The first-order valence-electron chi connectivity index (χ1n) is 27.5. The van der Waals surface area contributed by atoms with Crippen molar-refractivity contribution >= 4 is 11.9 Å². The van der Waals surface area contributed by atoms with E-state index >= 15 is 0 Å². The number of carbonyl (C=O) groups excluding carboxylic acids is 2. The highest BCUT2D eigenvalue weighted by atomic mass is 16.6. The molecule has 364 valence electrons. The van der Waals surface area contributed by atoms with Crippen LogP contribution in [-0.4, -0.2) is 37.9 Å². The van der Waals surface area contributed by atoms with E-state index < -0.39 is 6.10 Å². The minimum Gasteiger partial charge on any atom is -0.462 e. The lowest BCUT2D eigenvalue weighted by molar-refractivity contribution is -0.163. The molecule has 0 radical (unpaired) electrons. The average Bonchev–Trinajstić information content (AvgIpc) is 3.27. The second-order valence-corrected chi connectivity index (χ2v) is 18.5. The van der Waals surface area contributed by atoms with Crippen molar-refractivity contribution in [3.05, 3.63) is 36.5 Å². The standard InChI is InChI=1S/C57H106O5/c1-4-7-10-13-16-19-22-24-26-27-28-29-30-32-34-37-40-43-46-49-52-60-53-55(62-57(59)51-48-45-42-39-35-21-18-15-12-9-6-3)54-61-56(58)50-47-44-41-38-36-33-31-25-23-20-17-14-11-8-5-2/h15,18,24-26,31,55H,4-14,16-17,19-23,27-30,32-54H2,1-3H3/b18-15-,26-24-,31-25-. The monoisotopic (exact) mass is 871 g/mol. The molecule has 0 aromatic heterocycles. The molecule has 0 rings (SSSR count). The molecule has 1 atom stereocenters. The Morgan fingerprint density at radius 3 is 1.03 bits per heavy atom. The van der Waals surface area contributed by atoms with Crippen molar-refractivity contribution in [1.29, 1.82) is 0 Å². The second kappa shape index (κ2) is 53.5. The van der Waals surface area contributed by atoms with Crippen LogP contribution in [0.5, 0.6) is 0 Å². The highest BCUT2D eigenvalue weighted by molar-refractivity contribution is 5.70. The summed E-state index contributed by atoms with van der Waals surface area (Å²) in [5, 5.41) is 0. The van der Waals surface area contributed by atoms with Gasteiger partial charge in [0.05, 0.1) is 6.61 Å². The van der Waals surface area contributed by atoms with Gasteiger partial charge < -0.3 is 14.2 Å². The van der Waals surface area contributed by atoms with Crippen LogP contribution in [0.25, 0.3) is 0 Å². The summed E-state index contributed by atoms with van der Waals surface area (Å²) >= 11 is 0. The summed E-state index contributed by atoms with van der Waals surface area (Å²) in [7, 11) is 0. The van der Waals surface area contributed by atoms with E-state index in [1.807, 2.05) is 0 Å². The number of hydrogen-bond donors (Lipinski definition) is 0. The first-order chi connectivity index (χ1) is 30.6. The highest BCUT2D eigenvalue weighted by Crippen LogP contribution is 2.15. The molecule has 0 aromatic carbocycles. The zero-order valence-corrected chi connectivity index (χ0v) is 41.9. The Morgan fingerprint density at radius 2 is 0.645 bits per heavy atom. The van der Waals surface area contributed by atoms with Gasteiger partial charge in [0, 0.05) is 19.4 Å². The molecule has 5 heteroatoms. The van der Waals surface area contributed by atoms with Crippen molar-refractivity contribution in [1.82, 2.24) is 0 Å². The maximum absolute atomic E-state index is 12.8. The van der Waals surface area contributed by atoms with Gasteiger partial charge in [0.15, 0.2) is 6.10 Å². The molecule has 1 unspecified atom stereocenters. The van der Waals surface area contributed by atoms with Crippen LogP contribution in [-0.2, 0) is 23.8 Å². The first-order valence-corrected chi connectivity index (χ1v) is 27.5. The molecule has 0 aliphatic carbocycles. The van der Waals surface area contributed by atoms with Crippen molar-refractivity contribution in [3.8, 4) is 0 Å². The van der Waals surface area contributed by atoms with Crippen molar-refractivity contribution in [3.63, 3.8) is 0 Å². The van der Waals surface area contributed by atoms with E-state index in [1.165, 1.54) is 193 Å². The molecule has 0 saturated heterocycles. The smallest absolute Gasteiger partial charge is 0.306 e. The highest BCUT2D eigenvalue weighted by Gasteiger charge is 2.17. The Kier molecular flexibility index (Phi) is 51.8. The number of allylic oxidation sites excluding steroid dienone is 6. The Bertz CT molecular complexity index is 986. The molecule has 0 spiro atoms. The zero-order valence-electron chi connectivity index (χ0n) is 41.9. The van der Waals surface area contributed by atoms with Crippen LogP contribution in [0.4, 0.5) is 0 Å². The van der Waals surface area contributed by atoms with E-state index in [0.29, 0.717) is 19.4 Å². The number of ether oxygens (including phenoxy) is 3. The number of hydrogen-bond acceptors (Lipinski definition) is 5. The van der Waals surface area contributed by atoms with Gasteiger partial charge in [-0.1, -0.05) is 224 Å². The maximum atomic E-state index is 12.8. The van der Waals surface area contributed by atoms with E-state index in [9.17, 15) is 9.59 Å². The van der Waals surface area contributed by atoms with Crippen LogP contribution in [0, 0.1) is 0 Å². The van der Waals surface area contributed by atoms with Crippen LogP contribution in [0.2, 0.25) is 0 Å². The molecule has 0 amide bonds. The third kappa shape index (κ3) is 50.8. The first kappa shape index (κ1) is 60.1. The molecule has 0 N–H and O–H groups in total. The lowest BCUT2D eigenvalue weighted by atomic mass is 10.1. The molecule has 0 aliphatic rings. The number of unbranched alkanes of at least 4 members (excludes halogenated alkanes) is 34. The topological polar surface area (TPSA) is 61.8 Å². The van der Waals surface area contributed by atoms with Gasteiger partial charge in [-0.05, 0) is 89.9 Å². The van der Waals surface area contributed by atoms with Crippen LogP contribution < -0.4 is 0 Å². The van der Waals surface area contributed by atoms with Gasteiger partial charge in [0.1, 0.15) is 6.61 Å². The summed E-state index contributed by atoms with van der Waals surface area (Å²) in [4.78, 5) is 25.4. The normalized spacial score (nSPS) is 12.4. The lowest BCUT2D eigenvalue weighted by Crippen LogP contribution is -2.30. The molecule has 62 heavy (non-hydrogen) atoms. The Balaban J connectivity index is 4.19. The van der Waals surface area contributed by atoms with Crippen LogP contribution in [0.3, 0.4) is 0 Å². The summed E-state index contributed by atoms with van der Waals surface area (Å²) < 4.78 is 17.4. The fourth-order valence-electron chi connectivity index (χ4n) is 7.95. The summed E-state index contributed by atoms with van der Waals surface area (Å²) in [6.45, 7) is 7.80. The third-order valence-electron chi connectivity index (χ3n) is 12.1. The van der Waals surface area contributed by atoms with Crippen LogP contribution >= 0.6 is 0 Å². The third-order valence-corrected chi connectivity index (χ3v) is 12.1. The maximum Gasteiger partial charge on any atom is 0.306 e. The number of esters is 2. The SMILES string of the molecule is CCCC/C=C\CCCCCCCC(=O)OC(COCCCCCCCCCCCC/C=C\CCCCCCCC)COC(=O)CCCCCCC/C=C\CCCCCCCC. The van der Waals surface area contributed by atoms with Crippen molar-refractivity contribution < 1.29 is 23.8 Å². The minimum atomic E-state index is -0.541. The molecule has 0 aromatic rings. The number of rotatable bonds is 51. The molecular formula is C57H106O5. The molecule has 0 fully saturated rings. The molecule has 0 saturated carbocycles. The predicted octanol–water partition coefficient (Wildman–Crippen LogP) is 18.6. The molecule has 0 heterocycles. The van der Waals surface area contributed by atoms with E-state index in [4.69, 9.17) is 14.2 Å². The van der Waals surface area contributed by atoms with Gasteiger partial charge in [-0.25, -0.2) is 0 Å². The Morgan fingerprint density at radius 1 is 0.339 bits per heavy atom. The molecule has 0 aliphatic heterocycles. The Hall–Kier alpha value is -1.88. The van der Waals surface area contributed by atoms with E-state index in [-0.39, 0.29) is 25.2 Å². The van der Waals surface area contributed by atoms with E-state index in [1.54, 1.807) is 0 Å². The van der Waals surface area contributed by atoms with Gasteiger partial charge in [-0.3, -0.25) is 9.59 Å². The van der Waals surface area contributed by atoms with Gasteiger partial charge in [-0.15, -0.1) is 0 Å². The van der Waals surface area contributed by atoms with Crippen molar-refractivity contribution in [2.24, 2.45) is 0 Å². The fraction of sp³-hybridized carbons (Fsp3) is 0.860. The second-order valence-electron chi connectivity index (χ2n) is 18.5. The van der Waals surface area contributed by atoms with Gasteiger partial charge >= 0.3 is 11.9 Å². The fourth-order valence-corrected chi connectivity index (χ4v) is 7.95. The van der Waals surface area contributed by atoms with E-state index in [0.717, 1.165) is 64.2 Å². The summed E-state index contributed by atoms with van der Waals surface area (Å²) in [6, 6.07) is 0. The van der Waals surface area contributed by atoms with Gasteiger partial charge in [0.25, 0.3) is 0 Å². The van der Waals surface area contributed by atoms with Crippen LogP contribution in [0.15, 0.2) is 36.5 Å². The summed E-state index contributed by atoms with van der Waals surface area (Å²) in [6.07, 6.45) is 64.5. The molecule has 5 nitrogen and oxygen atoms in total. The largest absolute Gasteiger partial charge is 0.462 e. The van der Waals surface area contributed by atoms with Gasteiger partial charge in [-0.2, -0.15) is 0 Å². The minimum absolute atomic E-state index is 0.0807. The van der Waals surface area contributed by atoms with Crippen molar-refractivity contribution in [2.45, 2.75) is 297 Å². The molecule has 0 bridgehead atoms. The van der Waals surface area contributed by atoms with Crippen molar-refractivity contribution in [2.75, 3.05) is 19.8 Å². The van der Waals surface area contributed by atoms with E-state index in [2.05, 4.69) is 57.2 Å².